The van der Waals surface area contributed by atoms with E-state index in [1.165, 1.54) is 4.31 Å². The molecular weight excluding hydrogens is 378 g/mol. The zero-order chi connectivity index (χ0) is 15.5. The van der Waals surface area contributed by atoms with Gasteiger partial charge in [0.15, 0.2) is 0 Å². The van der Waals surface area contributed by atoms with Gasteiger partial charge in [0.25, 0.3) is 0 Å². The molecule has 1 atom stereocenters. The van der Waals surface area contributed by atoms with Crippen LogP contribution in [-0.4, -0.2) is 38.5 Å². The van der Waals surface area contributed by atoms with Crippen LogP contribution in [0.15, 0.2) is 27.6 Å². The predicted octanol–water partition coefficient (Wildman–Crippen LogP) is 3.68. The summed E-state index contributed by atoms with van der Waals surface area (Å²) in [4.78, 5) is 0.259. The van der Waals surface area contributed by atoms with Gasteiger partial charge in [-0.05, 0) is 53.4 Å². The van der Waals surface area contributed by atoms with Gasteiger partial charge in [-0.3, -0.25) is 0 Å². The van der Waals surface area contributed by atoms with Gasteiger partial charge in [-0.2, -0.15) is 4.31 Å². The molecule has 0 aliphatic carbocycles. The molecule has 0 aromatic heterocycles. The zero-order valence-electron chi connectivity index (χ0n) is 11.9. The number of ether oxygens (including phenoxy) is 1. The topological polar surface area (TPSA) is 46.6 Å². The summed E-state index contributed by atoms with van der Waals surface area (Å²) in [6.07, 6.45) is 2.66. The van der Waals surface area contributed by atoms with Crippen molar-refractivity contribution in [2.24, 2.45) is 0 Å². The molecule has 1 aromatic rings. The molecule has 0 amide bonds. The summed E-state index contributed by atoms with van der Waals surface area (Å²) >= 11 is 9.19. The molecule has 1 heterocycles. The number of nitrogens with zero attached hydrogens (tertiary/aromatic N) is 1. The van der Waals surface area contributed by atoms with Gasteiger partial charge in [-0.1, -0.05) is 18.5 Å². The molecule has 1 aliphatic heterocycles. The van der Waals surface area contributed by atoms with E-state index >= 15 is 0 Å². The third-order valence-electron chi connectivity index (χ3n) is 3.43. The van der Waals surface area contributed by atoms with Crippen LogP contribution in [0.25, 0.3) is 0 Å². The van der Waals surface area contributed by atoms with Crippen molar-refractivity contribution in [3.8, 4) is 0 Å². The molecule has 0 bridgehead atoms. The minimum atomic E-state index is -3.49. The number of halogens is 2. The smallest absolute Gasteiger partial charge is 0.243 e. The lowest BCUT2D eigenvalue weighted by Gasteiger charge is -2.31. The molecule has 1 unspecified atom stereocenters. The summed E-state index contributed by atoms with van der Waals surface area (Å²) < 4.78 is 33.1. The van der Waals surface area contributed by atoms with Gasteiger partial charge >= 0.3 is 0 Å². The summed E-state index contributed by atoms with van der Waals surface area (Å²) in [5.74, 6) is 0. The van der Waals surface area contributed by atoms with Crippen LogP contribution in [0.5, 0.6) is 0 Å². The summed E-state index contributed by atoms with van der Waals surface area (Å²) in [6, 6.07) is 4.68. The summed E-state index contributed by atoms with van der Waals surface area (Å²) in [5.41, 5.74) is 0. The number of hydrogen-bond donors (Lipinski definition) is 0. The maximum absolute atomic E-state index is 12.7. The summed E-state index contributed by atoms with van der Waals surface area (Å²) in [7, 11) is -3.49. The maximum Gasteiger partial charge on any atom is 0.243 e. The van der Waals surface area contributed by atoms with Gasteiger partial charge in [-0.25, -0.2) is 8.42 Å². The average molecular weight is 397 g/mol. The first-order valence-corrected chi connectivity index (χ1v) is 9.63. The van der Waals surface area contributed by atoms with Crippen molar-refractivity contribution >= 4 is 37.6 Å². The fourth-order valence-corrected chi connectivity index (χ4v) is 4.52. The van der Waals surface area contributed by atoms with E-state index in [4.69, 9.17) is 16.3 Å². The van der Waals surface area contributed by atoms with Crippen LogP contribution < -0.4 is 0 Å². The van der Waals surface area contributed by atoms with Crippen LogP contribution in [0.2, 0.25) is 5.02 Å². The standard InChI is InChI=1S/C14H19BrClNO3S/c1-2-8-20-11-4-3-7-17(10-11)21(18,19)12-5-6-14(16)13(15)9-12/h5-6,9,11H,2-4,7-8,10H2,1H3. The fourth-order valence-electron chi connectivity index (χ4n) is 2.33. The second-order valence-corrected chi connectivity index (χ2v) is 8.27. The van der Waals surface area contributed by atoms with Crippen LogP contribution >= 0.6 is 27.5 Å². The average Bonchev–Trinajstić information content (AvgIpc) is 2.48. The van der Waals surface area contributed by atoms with Crippen molar-refractivity contribution in [2.45, 2.75) is 37.2 Å². The van der Waals surface area contributed by atoms with Crippen molar-refractivity contribution < 1.29 is 13.2 Å². The lowest BCUT2D eigenvalue weighted by Crippen LogP contribution is -2.43. The summed E-state index contributed by atoms with van der Waals surface area (Å²) in [6.45, 7) is 3.67. The molecular formula is C14H19BrClNO3S. The second kappa shape index (κ2) is 7.42. The van der Waals surface area contributed by atoms with Crippen LogP contribution in [0.3, 0.4) is 0 Å². The highest BCUT2D eigenvalue weighted by molar-refractivity contribution is 9.10. The largest absolute Gasteiger partial charge is 0.377 e. The van der Waals surface area contributed by atoms with Crippen molar-refractivity contribution in [3.05, 3.63) is 27.7 Å². The Bertz CT molecular complexity index is 594. The van der Waals surface area contributed by atoms with E-state index < -0.39 is 10.0 Å². The van der Waals surface area contributed by atoms with Crippen molar-refractivity contribution in [3.63, 3.8) is 0 Å². The molecule has 0 radical (unpaired) electrons. The van der Waals surface area contributed by atoms with E-state index in [2.05, 4.69) is 15.9 Å². The summed E-state index contributed by atoms with van der Waals surface area (Å²) in [5, 5.41) is 0.497. The van der Waals surface area contributed by atoms with E-state index in [-0.39, 0.29) is 11.0 Å². The SMILES string of the molecule is CCCOC1CCCN(S(=O)(=O)c2ccc(Cl)c(Br)c2)C1. The normalized spacial score (nSPS) is 20.6. The number of piperidine rings is 1. The molecule has 1 fully saturated rings. The molecule has 21 heavy (non-hydrogen) atoms. The highest BCUT2D eigenvalue weighted by Gasteiger charge is 2.30. The molecule has 118 valence electrons. The molecule has 4 nitrogen and oxygen atoms in total. The Kier molecular flexibility index (Phi) is 6.08. The molecule has 0 spiro atoms. The number of rotatable bonds is 5. The van der Waals surface area contributed by atoms with E-state index in [0.717, 1.165) is 19.3 Å². The van der Waals surface area contributed by atoms with Gasteiger partial charge in [0.05, 0.1) is 16.0 Å². The molecule has 7 heteroatoms. The van der Waals surface area contributed by atoms with E-state index in [0.29, 0.717) is 29.2 Å². The molecule has 2 rings (SSSR count). The van der Waals surface area contributed by atoms with Crippen LogP contribution in [0, 0.1) is 0 Å². The zero-order valence-corrected chi connectivity index (χ0v) is 15.0. The Hall–Kier alpha value is -0.140. The Morgan fingerprint density at radius 1 is 1.48 bits per heavy atom. The van der Waals surface area contributed by atoms with Gasteiger partial charge in [0, 0.05) is 24.2 Å². The van der Waals surface area contributed by atoms with Crippen molar-refractivity contribution in [1.82, 2.24) is 4.31 Å². The van der Waals surface area contributed by atoms with Crippen LogP contribution in [0.4, 0.5) is 0 Å². The molecule has 0 saturated carbocycles. The molecule has 1 saturated heterocycles. The van der Waals surface area contributed by atoms with Crippen molar-refractivity contribution in [2.75, 3.05) is 19.7 Å². The van der Waals surface area contributed by atoms with Crippen molar-refractivity contribution in [1.29, 1.82) is 0 Å². The van der Waals surface area contributed by atoms with Gasteiger partial charge in [0.1, 0.15) is 0 Å². The first kappa shape index (κ1) is 17.2. The van der Waals surface area contributed by atoms with Crippen LogP contribution in [-0.2, 0) is 14.8 Å². The Balaban J connectivity index is 2.16. The van der Waals surface area contributed by atoms with Gasteiger partial charge in [0.2, 0.25) is 10.0 Å². The van der Waals surface area contributed by atoms with Gasteiger partial charge in [-0.15, -0.1) is 0 Å². The minimum Gasteiger partial charge on any atom is -0.377 e. The Morgan fingerprint density at radius 3 is 2.90 bits per heavy atom. The Morgan fingerprint density at radius 2 is 2.24 bits per heavy atom. The van der Waals surface area contributed by atoms with Crippen LogP contribution in [0.1, 0.15) is 26.2 Å². The third-order valence-corrected chi connectivity index (χ3v) is 6.50. The molecule has 1 aliphatic rings. The highest BCUT2D eigenvalue weighted by Crippen LogP contribution is 2.28. The van der Waals surface area contributed by atoms with E-state index in [1.807, 2.05) is 6.92 Å². The van der Waals surface area contributed by atoms with Gasteiger partial charge < -0.3 is 4.74 Å². The lowest BCUT2D eigenvalue weighted by molar-refractivity contribution is 0.0193. The first-order valence-electron chi connectivity index (χ1n) is 7.02. The predicted molar refractivity (Wildman–Crippen MR) is 87.2 cm³/mol. The number of sulfonamides is 1. The number of benzene rings is 1. The second-order valence-electron chi connectivity index (χ2n) is 5.07. The number of hydrogen-bond acceptors (Lipinski definition) is 3. The lowest BCUT2D eigenvalue weighted by atomic mass is 10.1. The maximum atomic E-state index is 12.7. The third kappa shape index (κ3) is 4.20. The fraction of sp³-hybridized carbons (Fsp3) is 0.571. The minimum absolute atomic E-state index is 0.00999. The van der Waals surface area contributed by atoms with E-state index in [1.54, 1.807) is 18.2 Å². The molecule has 1 aromatic carbocycles. The quantitative estimate of drug-likeness (QED) is 0.762. The monoisotopic (exact) mass is 395 g/mol. The highest BCUT2D eigenvalue weighted by atomic mass is 79.9. The Labute approximate surface area is 139 Å². The van der Waals surface area contributed by atoms with E-state index in [9.17, 15) is 8.42 Å². The first-order chi connectivity index (χ1) is 9.95. The molecule has 0 N–H and O–H groups in total.